The van der Waals surface area contributed by atoms with Gasteiger partial charge in [0.05, 0.1) is 23.0 Å². The fourth-order valence-electron chi connectivity index (χ4n) is 5.54. The average Bonchev–Trinajstić information content (AvgIpc) is 3.18. The van der Waals surface area contributed by atoms with Crippen LogP contribution in [-0.2, 0) is 13.0 Å². The van der Waals surface area contributed by atoms with Crippen molar-refractivity contribution in [2.45, 2.75) is 25.8 Å². The summed E-state index contributed by atoms with van der Waals surface area (Å²) < 4.78 is 14.8. The zero-order valence-electron chi connectivity index (χ0n) is 20.2. The highest BCUT2D eigenvalue weighted by molar-refractivity contribution is 6.32. The number of likely N-dealkylation sites (tertiary alicyclic amines) is 1. The molecule has 4 heterocycles. The van der Waals surface area contributed by atoms with Gasteiger partial charge in [0.2, 0.25) is 0 Å². The zero-order valence-corrected chi connectivity index (χ0v) is 21.0. The van der Waals surface area contributed by atoms with E-state index in [0.717, 1.165) is 77.1 Å². The third-order valence-corrected chi connectivity index (χ3v) is 7.63. The van der Waals surface area contributed by atoms with Gasteiger partial charge in [-0.1, -0.05) is 17.7 Å². The van der Waals surface area contributed by atoms with E-state index in [0.29, 0.717) is 11.6 Å². The van der Waals surface area contributed by atoms with Crippen LogP contribution in [0.15, 0.2) is 61.2 Å². The van der Waals surface area contributed by atoms with Crippen LogP contribution in [0.2, 0.25) is 5.02 Å². The van der Waals surface area contributed by atoms with Crippen molar-refractivity contribution in [1.29, 1.82) is 0 Å². The van der Waals surface area contributed by atoms with Gasteiger partial charge in [0.1, 0.15) is 5.65 Å². The molecule has 1 fully saturated rings. The number of aromatic nitrogens is 3. The van der Waals surface area contributed by atoms with E-state index in [4.69, 9.17) is 16.6 Å². The summed E-state index contributed by atoms with van der Waals surface area (Å²) >= 11 is 6.63. The number of fused-ring (bicyclic) bond motifs is 2. The van der Waals surface area contributed by atoms with Crippen LogP contribution >= 0.6 is 11.6 Å². The second-order valence-corrected chi connectivity index (χ2v) is 10.3. The number of pyridine rings is 2. The first-order chi connectivity index (χ1) is 18.0. The molecular weight excluding hydrogens is 491 g/mol. The van der Waals surface area contributed by atoms with Gasteiger partial charge in [0.15, 0.2) is 0 Å². The van der Waals surface area contributed by atoms with Crippen molar-refractivity contribution in [3.63, 3.8) is 0 Å². The molecule has 0 bridgehead atoms. The summed E-state index contributed by atoms with van der Waals surface area (Å²) in [6.07, 6.45) is 9.89. The number of carboxylic acids is 1. The van der Waals surface area contributed by atoms with Crippen LogP contribution in [0.25, 0.3) is 16.8 Å². The number of carbonyl (C=O) groups is 1. The van der Waals surface area contributed by atoms with Crippen LogP contribution in [0.4, 0.5) is 4.39 Å². The second kappa shape index (κ2) is 9.72. The molecule has 1 aromatic carbocycles. The van der Waals surface area contributed by atoms with E-state index in [9.17, 15) is 14.3 Å². The van der Waals surface area contributed by atoms with Gasteiger partial charge in [-0.2, -0.15) is 0 Å². The van der Waals surface area contributed by atoms with Crippen molar-refractivity contribution in [3.05, 3.63) is 99.7 Å². The molecule has 6 rings (SSSR count). The van der Waals surface area contributed by atoms with Gasteiger partial charge >= 0.3 is 5.97 Å². The third-order valence-electron chi connectivity index (χ3n) is 7.33. The van der Waals surface area contributed by atoms with E-state index in [1.54, 1.807) is 24.5 Å². The number of aromatic carboxylic acids is 1. The van der Waals surface area contributed by atoms with E-state index in [-0.39, 0.29) is 18.2 Å². The average molecular weight is 517 g/mol. The molecule has 0 spiro atoms. The number of aryl methyl sites for hydroxylation is 1. The molecule has 37 heavy (non-hydrogen) atoms. The number of allylic oxidation sites excluding steroid dienone is 1. The fraction of sp³-hybridized carbons (Fsp3) is 0.276. The monoisotopic (exact) mass is 516 g/mol. The predicted octanol–water partition coefficient (Wildman–Crippen LogP) is 5.78. The van der Waals surface area contributed by atoms with Crippen LogP contribution in [-0.4, -0.2) is 50.1 Å². The van der Waals surface area contributed by atoms with Gasteiger partial charge in [-0.15, -0.1) is 0 Å². The Hall–Kier alpha value is -3.55. The summed E-state index contributed by atoms with van der Waals surface area (Å²) in [5, 5.41) is 10.2. The molecule has 1 saturated heterocycles. The van der Waals surface area contributed by atoms with Crippen molar-refractivity contribution in [3.8, 4) is 0 Å². The van der Waals surface area contributed by atoms with Gasteiger partial charge in [-0.25, -0.2) is 9.78 Å². The van der Waals surface area contributed by atoms with Gasteiger partial charge in [-0.3, -0.25) is 14.3 Å². The number of hydrogen-bond acceptors (Lipinski definition) is 4. The lowest BCUT2D eigenvalue weighted by atomic mass is 9.88. The Morgan fingerprint density at radius 2 is 2.00 bits per heavy atom. The normalized spacial score (nSPS) is 16.5. The molecule has 0 atom stereocenters. The Kier molecular flexibility index (Phi) is 6.26. The molecule has 0 unspecified atom stereocenters. The van der Waals surface area contributed by atoms with E-state index >= 15 is 0 Å². The minimum atomic E-state index is -0.929. The molecular formula is C29H26ClFN4O2. The zero-order chi connectivity index (χ0) is 25.5. The molecule has 3 aromatic heterocycles. The van der Waals surface area contributed by atoms with Gasteiger partial charge in [0, 0.05) is 50.3 Å². The summed E-state index contributed by atoms with van der Waals surface area (Å²) in [6, 6.07) is 11.5. The van der Waals surface area contributed by atoms with Crippen LogP contribution in [0.1, 0.15) is 51.1 Å². The van der Waals surface area contributed by atoms with Crippen LogP contribution in [0, 0.1) is 5.92 Å². The van der Waals surface area contributed by atoms with Gasteiger partial charge < -0.3 is 9.51 Å². The smallest absolute Gasteiger partial charge is 0.335 e. The minimum absolute atomic E-state index is 0.144. The summed E-state index contributed by atoms with van der Waals surface area (Å²) in [5.74, 6) is -0.785. The Morgan fingerprint density at radius 1 is 1.14 bits per heavy atom. The lowest BCUT2D eigenvalue weighted by molar-refractivity contribution is 0.0696. The number of benzene rings is 1. The third kappa shape index (κ3) is 4.54. The fourth-order valence-corrected chi connectivity index (χ4v) is 5.77. The number of carboxylic acid groups (broad SMARTS) is 1. The first-order valence-corrected chi connectivity index (χ1v) is 12.8. The maximum atomic E-state index is 12.8. The van der Waals surface area contributed by atoms with Crippen molar-refractivity contribution in [2.24, 2.45) is 5.92 Å². The standard InChI is InChI=1S/C29H26ClFN4O2/c30-26-13-32-8-6-24(26)25-3-1-2-19-10-21(29(36)37)4-5-23(19)28(25)20-7-9-35-17-22(33-27(35)11-20)16-34-14-18(12-31)15-34/h4-11,13,17-18H,1-3,12,14-16H2,(H,36,37). The summed E-state index contributed by atoms with van der Waals surface area (Å²) in [5.41, 5.74) is 8.19. The summed E-state index contributed by atoms with van der Waals surface area (Å²) in [7, 11) is 0. The predicted molar refractivity (Wildman–Crippen MR) is 141 cm³/mol. The lowest BCUT2D eigenvalue weighted by Gasteiger charge is -2.37. The first kappa shape index (κ1) is 23.8. The molecule has 1 N–H and O–H groups in total. The molecule has 2 aliphatic rings. The quantitative estimate of drug-likeness (QED) is 0.352. The molecule has 1 aliphatic carbocycles. The number of alkyl halides is 1. The van der Waals surface area contributed by atoms with E-state index in [1.165, 1.54) is 0 Å². The van der Waals surface area contributed by atoms with Gasteiger partial charge in [-0.05, 0) is 83.0 Å². The first-order valence-electron chi connectivity index (χ1n) is 12.5. The molecule has 0 radical (unpaired) electrons. The Labute approximate surface area is 219 Å². The summed E-state index contributed by atoms with van der Waals surface area (Å²) in [6.45, 7) is 1.98. The number of hydrogen-bond donors (Lipinski definition) is 1. The van der Waals surface area contributed by atoms with E-state index < -0.39 is 5.97 Å². The minimum Gasteiger partial charge on any atom is -0.478 e. The Bertz CT molecular complexity index is 1540. The van der Waals surface area contributed by atoms with Gasteiger partial charge in [0.25, 0.3) is 0 Å². The van der Waals surface area contributed by atoms with Crippen molar-refractivity contribution in [2.75, 3.05) is 19.8 Å². The molecule has 4 aromatic rings. The highest BCUT2D eigenvalue weighted by atomic mass is 35.5. The molecule has 0 saturated carbocycles. The highest BCUT2D eigenvalue weighted by Crippen LogP contribution is 2.42. The lowest BCUT2D eigenvalue weighted by Crippen LogP contribution is -2.46. The molecule has 1 aliphatic heterocycles. The Balaban J connectivity index is 1.47. The number of imidazole rings is 1. The van der Waals surface area contributed by atoms with Crippen molar-refractivity contribution in [1.82, 2.24) is 19.3 Å². The SMILES string of the molecule is O=C(O)c1ccc2c(c1)CCCC(c1ccncc1Cl)=C2c1ccn2cc(CN3CC(CF)C3)nc2c1. The largest absolute Gasteiger partial charge is 0.478 e. The molecule has 8 heteroatoms. The molecule has 0 amide bonds. The number of rotatable bonds is 6. The number of halogens is 2. The van der Waals surface area contributed by atoms with Crippen LogP contribution in [0.5, 0.6) is 0 Å². The van der Waals surface area contributed by atoms with Crippen LogP contribution < -0.4 is 0 Å². The maximum Gasteiger partial charge on any atom is 0.335 e. The topological polar surface area (TPSA) is 70.7 Å². The van der Waals surface area contributed by atoms with E-state index in [1.807, 2.05) is 28.9 Å². The van der Waals surface area contributed by atoms with Crippen LogP contribution in [0.3, 0.4) is 0 Å². The van der Waals surface area contributed by atoms with E-state index in [2.05, 4.69) is 22.0 Å². The second-order valence-electron chi connectivity index (χ2n) is 9.87. The molecule has 6 nitrogen and oxygen atoms in total. The highest BCUT2D eigenvalue weighted by Gasteiger charge is 2.27. The summed E-state index contributed by atoms with van der Waals surface area (Å²) in [4.78, 5) is 22.9. The van der Waals surface area contributed by atoms with Crippen molar-refractivity contribution < 1.29 is 14.3 Å². The maximum absolute atomic E-state index is 12.8. The van der Waals surface area contributed by atoms with Crippen molar-refractivity contribution >= 4 is 34.4 Å². The Morgan fingerprint density at radius 3 is 2.78 bits per heavy atom. The number of nitrogens with zero attached hydrogens (tertiary/aromatic N) is 4. The molecule has 188 valence electrons.